The molecule has 7 nitrogen and oxygen atoms in total. The average Bonchev–Trinajstić information content (AvgIpc) is 3.40. The summed E-state index contributed by atoms with van der Waals surface area (Å²) < 4.78 is 7.68. The van der Waals surface area contributed by atoms with E-state index in [1.165, 1.54) is 34.2 Å². The molecule has 3 aromatic heterocycles. The number of para-hydroxylation sites is 1. The highest BCUT2D eigenvalue weighted by Crippen LogP contribution is 2.41. The number of benzene rings is 1. The van der Waals surface area contributed by atoms with Gasteiger partial charge in [0.15, 0.2) is 0 Å². The third-order valence-corrected chi connectivity index (χ3v) is 8.76. The van der Waals surface area contributed by atoms with Gasteiger partial charge in [0.2, 0.25) is 5.16 Å². The van der Waals surface area contributed by atoms with Crippen LogP contribution in [0.2, 0.25) is 0 Å². The van der Waals surface area contributed by atoms with Gasteiger partial charge in [-0.1, -0.05) is 18.2 Å². The molecule has 34 heavy (non-hydrogen) atoms. The Hall–Kier alpha value is -2.33. The molecule has 0 saturated carbocycles. The molecule has 0 amide bonds. The molecule has 1 aromatic carbocycles. The van der Waals surface area contributed by atoms with Crippen LogP contribution in [0, 0.1) is 13.8 Å². The van der Waals surface area contributed by atoms with Crippen molar-refractivity contribution in [3.63, 3.8) is 0 Å². The summed E-state index contributed by atoms with van der Waals surface area (Å²) in [6, 6.07) is 8.38. The normalized spacial score (nSPS) is 16.8. The van der Waals surface area contributed by atoms with Crippen molar-refractivity contribution >= 4 is 33.3 Å². The molecule has 9 heteroatoms. The number of fused-ring (bicyclic) bond motifs is 3. The number of ether oxygens (including phenoxy) is 1. The number of aryl methyl sites for hydroxylation is 4. The van der Waals surface area contributed by atoms with Crippen LogP contribution in [0.15, 0.2) is 34.4 Å². The molecule has 1 aliphatic carbocycles. The van der Waals surface area contributed by atoms with Gasteiger partial charge < -0.3 is 4.74 Å². The van der Waals surface area contributed by atoms with Crippen LogP contribution in [-0.4, -0.2) is 55.9 Å². The number of nitrogens with zero attached hydrogens (tertiary/aromatic N) is 6. The van der Waals surface area contributed by atoms with Gasteiger partial charge in [-0.15, -0.1) is 21.5 Å². The highest BCUT2D eigenvalue weighted by Gasteiger charge is 2.24. The van der Waals surface area contributed by atoms with Crippen LogP contribution in [0.5, 0.6) is 0 Å². The van der Waals surface area contributed by atoms with E-state index in [1.807, 2.05) is 18.3 Å². The molecule has 2 aliphatic rings. The summed E-state index contributed by atoms with van der Waals surface area (Å²) in [4.78, 5) is 15.2. The van der Waals surface area contributed by atoms with Crippen LogP contribution in [-0.2, 0) is 24.1 Å². The van der Waals surface area contributed by atoms with Crippen molar-refractivity contribution in [1.82, 2.24) is 29.6 Å². The van der Waals surface area contributed by atoms with Crippen molar-refractivity contribution in [1.29, 1.82) is 0 Å². The molecule has 4 heterocycles. The van der Waals surface area contributed by atoms with Crippen molar-refractivity contribution in [3.05, 3.63) is 51.9 Å². The number of hydrogen-bond acceptors (Lipinski definition) is 8. The first-order valence-electron chi connectivity index (χ1n) is 11.9. The predicted octanol–water partition coefficient (Wildman–Crippen LogP) is 4.75. The van der Waals surface area contributed by atoms with Gasteiger partial charge in [-0.05, 0) is 68.5 Å². The lowest BCUT2D eigenvalue weighted by Gasteiger charge is -2.25. The molecule has 0 radical (unpaired) electrons. The second-order valence-corrected chi connectivity index (χ2v) is 11.0. The van der Waals surface area contributed by atoms with Gasteiger partial charge in [0.05, 0.1) is 25.4 Å². The van der Waals surface area contributed by atoms with Crippen molar-refractivity contribution in [2.45, 2.75) is 56.3 Å². The third-order valence-electron chi connectivity index (χ3n) is 6.64. The fraction of sp³-hybridized carbons (Fsp3) is 0.440. The van der Waals surface area contributed by atoms with Gasteiger partial charge in [-0.25, -0.2) is 9.97 Å². The fourth-order valence-corrected chi connectivity index (χ4v) is 7.25. The summed E-state index contributed by atoms with van der Waals surface area (Å²) in [6.07, 6.45) is 4.75. The Bertz CT molecular complexity index is 1340. The van der Waals surface area contributed by atoms with Crippen LogP contribution in [0.4, 0.5) is 0 Å². The first-order chi connectivity index (χ1) is 16.7. The van der Waals surface area contributed by atoms with E-state index in [-0.39, 0.29) is 0 Å². The lowest BCUT2D eigenvalue weighted by molar-refractivity contribution is 0.0330. The molecule has 1 fully saturated rings. The molecular weight excluding hydrogens is 464 g/mol. The van der Waals surface area contributed by atoms with E-state index in [0.29, 0.717) is 0 Å². The monoisotopic (exact) mass is 492 g/mol. The van der Waals surface area contributed by atoms with Crippen LogP contribution >= 0.6 is 23.1 Å². The summed E-state index contributed by atoms with van der Waals surface area (Å²) >= 11 is 3.48. The maximum absolute atomic E-state index is 5.53. The first kappa shape index (κ1) is 22.2. The average molecular weight is 493 g/mol. The van der Waals surface area contributed by atoms with Crippen LogP contribution in [0.1, 0.15) is 40.5 Å². The van der Waals surface area contributed by atoms with E-state index in [4.69, 9.17) is 14.7 Å². The van der Waals surface area contributed by atoms with Gasteiger partial charge in [-0.2, -0.15) is 0 Å². The lowest BCUT2D eigenvalue weighted by atomic mass is 9.97. The van der Waals surface area contributed by atoms with Gasteiger partial charge >= 0.3 is 0 Å². The van der Waals surface area contributed by atoms with Gasteiger partial charge in [0.1, 0.15) is 21.5 Å². The molecule has 0 unspecified atom stereocenters. The van der Waals surface area contributed by atoms with Crippen molar-refractivity contribution < 1.29 is 4.74 Å². The lowest BCUT2D eigenvalue weighted by Crippen LogP contribution is -2.36. The Morgan fingerprint density at radius 3 is 2.71 bits per heavy atom. The highest BCUT2D eigenvalue weighted by molar-refractivity contribution is 7.99. The first-order valence-corrected chi connectivity index (χ1v) is 13.6. The molecule has 6 rings (SSSR count). The summed E-state index contributed by atoms with van der Waals surface area (Å²) in [7, 11) is 0. The standard InChI is InChI=1S/C25H28N6OS2/c1-16-7-3-5-9-19(16)31-17(2)28-29-25(31)34-24-22-18-8-4-6-10-20(18)33-23(22)26-21(27-24)15-30-11-13-32-14-12-30/h3,5,7,9H,4,6,8,10-15H2,1-2H3. The molecule has 0 bridgehead atoms. The van der Waals surface area contributed by atoms with Crippen LogP contribution in [0.25, 0.3) is 15.9 Å². The molecule has 4 aromatic rings. The number of thiophene rings is 1. The zero-order chi connectivity index (χ0) is 23.1. The molecule has 1 saturated heterocycles. The molecule has 0 N–H and O–H groups in total. The van der Waals surface area contributed by atoms with E-state index in [1.54, 1.807) is 11.8 Å². The number of morpholine rings is 1. The minimum atomic E-state index is 0.749. The van der Waals surface area contributed by atoms with E-state index < -0.39 is 0 Å². The molecule has 0 spiro atoms. The Labute approximate surface area is 207 Å². The van der Waals surface area contributed by atoms with E-state index >= 15 is 0 Å². The minimum absolute atomic E-state index is 0.749. The van der Waals surface area contributed by atoms with E-state index in [0.717, 1.165) is 78.0 Å². The van der Waals surface area contributed by atoms with Crippen LogP contribution < -0.4 is 0 Å². The van der Waals surface area contributed by atoms with Crippen molar-refractivity contribution in [3.8, 4) is 5.69 Å². The molecule has 1 aliphatic heterocycles. The second-order valence-electron chi connectivity index (χ2n) is 8.98. The smallest absolute Gasteiger partial charge is 0.202 e. The Balaban J connectivity index is 1.45. The second kappa shape index (κ2) is 9.37. The zero-order valence-corrected chi connectivity index (χ0v) is 21.2. The quantitative estimate of drug-likeness (QED) is 0.372. The van der Waals surface area contributed by atoms with E-state index in [9.17, 15) is 0 Å². The minimum Gasteiger partial charge on any atom is -0.379 e. The number of rotatable bonds is 5. The highest BCUT2D eigenvalue weighted by atomic mass is 32.2. The SMILES string of the molecule is Cc1ccccc1-n1c(C)nnc1Sc1nc(CN2CCOCC2)nc2sc3c(c12)CCCC3. The summed E-state index contributed by atoms with van der Waals surface area (Å²) in [5.41, 5.74) is 3.75. The zero-order valence-electron chi connectivity index (χ0n) is 19.6. The van der Waals surface area contributed by atoms with Crippen molar-refractivity contribution in [2.75, 3.05) is 26.3 Å². The summed E-state index contributed by atoms with van der Waals surface area (Å²) in [6.45, 7) is 8.28. The number of aromatic nitrogens is 5. The van der Waals surface area contributed by atoms with Gasteiger partial charge in [0.25, 0.3) is 0 Å². The molecular formula is C25H28N6OS2. The maximum Gasteiger partial charge on any atom is 0.202 e. The fourth-order valence-electron chi connectivity index (χ4n) is 4.86. The predicted molar refractivity (Wildman–Crippen MR) is 135 cm³/mol. The van der Waals surface area contributed by atoms with E-state index in [2.05, 4.69) is 50.9 Å². The largest absolute Gasteiger partial charge is 0.379 e. The van der Waals surface area contributed by atoms with Gasteiger partial charge in [-0.3, -0.25) is 9.47 Å². The van der Waals surface area contributed by atoms with Crippen molar-refractivity contribution in [2.24, 2.45) is 0 Å². The van der Waals surface area contributed by atoms with Gasteiger partial charge in [0, 0.05) is 23.4 Å². The number of hydrogen-bond donors (Lipinski definition) is 0. The summed E-state index contributed by atoms with van der Waals surface area (Å²) in [5.74, 6) is 1.76. The van der Waals surface area contributed by atoms with Crippen LogP contribution in [0.3, 0.4) is 0 Å². The Morgan fingerprint density at radius 1 is 1.03 bits per heavy atom. The maximum atomic E-state index is 5.53. The molecule has 176 valence electrons. The third kappa shape index (κ3) is 4.15. The molecule has 0 atom stereocenters. The summed E-state index contributed by atoms with van der Waals surface area (Å²) in [5, 5.41) is 12.1. The topological polar surface area (TPSA) is 69.0 Å². The Kier molecular flexibility index (Phi) is 6.11. The Morgan fingerprint density at radius 2 is 1.85 bits per heavy atom.